The van der Waals surface area contributed by atoms with Crippen LogP contribution in [-0.4, -0.2) is 18.0 Å². The van der Waals surface area contributed by atoms with E-state index in [4.69, 9.17) is 9.47 Å². The van der Waals surface area contributed by atoms with Crippen LogP contribution < -0.4 is 14.9 Å². The second-order valence-electron chi connectivity index (χ2n) is 5.27. The molecule has 24 heavy (non-hydrogen) atoms. The number of benzene rings is 2. The molecule has 1 aliphatic rings. The van der Waals surface area contributed by atoms with Crippen molar-refractivity contribution in [3.05, 3.63) is 59.0 Å². The summed E-state index contributed by atoms with van der Waals surface area (Å²) < 4.78 is 10.7. The Morgan fingerprint density at radius 2 is 1.96 bits per heavy atom. The lowest BCUT2D eigenvalue weighted by molar-refractivity contribution is 0.174. The van der Waals surface area contributed by atoms with E-state index in [0.29, 0.717) is 0 Å². The van der Waals surface area contributed by atoms with E-state index in [1.54, 1.807) is 17.6 Å². The highest BCUT2D eigenvalue weighted by atomic mass is 32.1. The van der Waals surface area contributed by atoms with E-state index < -0.39 is 0 Å². The van der Waals surface area contributed by atoms with Crippen molar-refractivity contribution in [1.29, 1.82) is 0 Å². The number of anilines is 1. The first-order valence-electron chi connectivity index (χ1n) is 7.51. The standard InChI is InChI=1S/C18H15N3O2S/c1-12-17(14-5-3-2-4-6-14)20-18(24-12)21-19-10-13-7-8-15-16(9-13)23-11-22-15/h2-10H,11H2,1H3,(H,20,21)/b19-10-. The van der Waals surface area contributed by atoms with Gasteiger partial charge in [-0.2, -0.15) is 5.10 Å². The number of fused-ring (bicyclic) bond motifs is 1. The number of aryl methyl sites for hydroxylation is 1. The van der Waals surface area contributed by atoms with Crippen molar-refractivity contribution in [2.75, 3.05) is 12.2 Å². The van der Waals surface area contributed by atoms with Crippen LogP contribution in [-0.2, 0) is 0 Å². The van der Waals surface area contributed by atoms with Crippen LogP contribution in [0.5, 0.6) is 11.5 Å². The van der Waals surface area contributed by atoms with Gasteiger partial charge in [0.15, 0.2) is 11.5 Å². The zero-order chi connectivity index (χ0) is 16.4. The van der Waals surface area contributed by atoms with Crippen LogP contribution >= 0.6 is 11.3 Å². The number of ether oxygens (including phenoxy) is 2. The number of hydrogen-bond donors (Lipinski definition) is 1. The molecule has 2 heterocycles. The number of thiazole rings is 1. The number of nitrogens with one attached hydrogen (secondary N) is 1. The zero-order valence-electron chi connectivity index (χ0n) is 13.0. The van der Waals surface area contributed by atoms with Crippen LogP contribution in [0.3, 0.4) is 0 Å². The monoisotopic (exact) mass is 337 g/mol. The second kappa shape index (κ2) is 6.33. The summed E-state index contributed by atoms with van der Waals surface area (Å²) in [5.41, 5.74) is 6.03. The molecule has 0 bridgehead atoms. The van der Waals surface area contributed by atoms with E-state index in [-0.39, 0.29) is 6.79 Å². The molecule has 0 radical (unpaired) electrons. The van der Waals surface area contributed by atoms with Crippen LogP contribution in [0, 0.1) is 6.92 Å². The van der Waals surface area contributed by atoms with E-state index >= 15 is 0 Å². The first-order chi connectivity index (χ1) is 11.8. The van der Waals surface area contributed by atoms with Gasteiger partial charge in [-0.3, -0.25) is 5.43 Å². The summed E-state index contributed by atoms with van der Waals surface area (Å²) in [7, 11) is 0. The van der Waals surface area contributed by atoms with Gasteiger partial charge in [-0.1, -0.05) is 30.3 Å². The summed E-state index contributed by atoms with van der Waals surface area (Å²) in [6.07, 6.45) is 1.74. The van der Waals surface area contributed by atoms with Gasteiger partial charge in [0.1, 0.15) is 0 Å². The molecule has 0 saturated heterocycles. The lowest BCUT2D eigenvalue weighted by Crippen LogP contribution is -1.93. The predicted octanol–water partition coefficient (Wildman–Crippen LogP) is 4.29. The molecule has 120 valence electrons. The Hall–Kier alpha value is -2.86. The van der Waals surface area contributed by atoms with Crippen LogP contribution in [0.15, 0.2) is 53.6 Å². The van der Waals surface area contributed by atoms with E-state index in [0.717, 1.165) is 38.3 Å². The summed E-state index contributed by atoms with van der Waals surface area (Å²) in [4.78, 5) is 5.77. The number of rotatable bonds is 4. The minimum absolute atomic E-state index is 0.273. The molecule has 0 atom stereocenters. The zero-order valence-corrected chi connectivity index (χ0v) is 13.8. The van der Waals surface area contributed by atoms with Gasteiger partial charge < -0.3 is 9.47 Å². The first-order valence-corrected chi connectivity index (χ1v) is 8.33. The van der Waals surface area contributed by atoms with Crippen LogP contribution in [0.4, 0.5) is 5.13 Å². The summed E-state index contributed by atoms with van der Waals surface area (Å²) in [5, 5.41) is 5.03. The van der Waals surface area contributed by atoms with Gasteiger partial charge in [-0.15, -0.1) is 11.3 Å². The Balaban J connectivity index is 1.48. The molecular weight excluding hydrogens is 322 g/mol. The van der Waals surface area contributed by atoms with Crippen molar-refractivity contribution >= 4 is 22.7 Å². The highest BCUT2D eigenvalue weighted by Gasteiger charge is 2.12. The van der Waals surface area contributed by atoms with Gasteiger partial charge in [-0.25, -0.2) is 4.98 Å². The third-order valence-electron chi connectivity index (χ3n) is 3.61. The molecule has 0 saturated carbocycles. The molecule has 1 aromatic heterocycles. The highest BCUT2D eigenvalue weighted by Crippen LogP contribution is 2.32. The Morgan fingerprint density at radius 3 is 2.83 bits per heavy atom. The minimum atomic E-state index is 0.273. The van der Waals surface area contributed by atoms with Gasteiger partial charge in [0.2, 0.25) is 11.9 Å². The topological polar surface area (TPSA) is 55.7 Å². The van der Waals surface area contributed by atoms with Crippen molar-refractivity contribution in [3.8, 4) is 22.8 Å². The molecule has 0 fully saturated rings. The average molecular weight is 337 g/mol. The molecule has 0 spiro atoms. The fourth-order valence-electron chi connectivity index (χ4n) is 2.46. The minimum Gasteiger partial charge on any atom is -0.454 e. The summed E-state index contributed by atoms with van der Waals surface area (Å²) >= 11 is 1.58. The normalized spacial score (nSPS) is 12.7. The fourth-order valence-corrected chi connectivity index (χ4v) is 3.25. The summed E-state index contributed by atoms with van der Waals surface area (Å²) in [5.74, 6) is 1.51. The second-order valence-corrected chi connectivity index (χ2v) is 6.48. The largest absolute Gasteiger partial charge is 0.454 e. The Bertz CT molecular complexity index is 891. The number of nitrogens with zero attached hydrogens (tertiary/aromatic N) is 2. The molecule has 0 aliphatic carbocycles. The average Bonchev–Trinajstić information content (AvgIpc) is 3.21. The van der Waals surface area contributed by atoms with Gasteiger partial charge in [0.05, 0.1) is 11.9 Å². The van der Waals surface area contributed by atoms with E-state index in [9.17, 15) is 0 Å². The van der Waals surface area contributed by atoms with Crippen molar-refractivity contribution < 1.29 is 9.47 Å². The SMILES string of the molecule is Cc1sc(N/N=C\c2ccc3c(c2)OCO3)nc1-c1ccccc1. The van der Waals surface area contributed by atoms with E-state index in [1.807, 2.05) is 36.4 Å². The molecule has 3 aromatic rings. The Morgan fingerprint density at radius 1 is 1.12 bits per heavy atom. The molecule has 0 unspecified atom stereocenters. The van der Waals surface area contributed by atoms with E-state index in [1.165, 1.54) is 0 Å². The lowest BCUT2D eigenvalue weighted by Gasteiger charge is -1.98. The summed E-state index contributed by atoms with van der Waals surface area (Å²) in [6.45, 7) is 2.33. The predicted molar refractivity (Wildman–Crippen MR) is 96.1 cm³/mol. The molecule has 4 rings (SSSR count). The first kappa shape index (κ1) is 14.7. The lowest BCUT2D eigenvalue weighted by atomic mass is 10.1. The van der Waals surface area contributed by atoms with Crippen molar-refractivity contribution in [2.45, 2.75) is 6.92 Å². The molecule has 6 heteroatoms. The number of hydrogen-bond acceptors (Lipinski definition) is 6. The smallest absolute Gasteiger partial charge is 0.231 e. The fraction of sp³-hybridized carbons (Fsp3) is 0.111. The molecule has 0 amide bonds. The van der Waals surface area contributed by atoms with Crippen molar-refractivity contribution in [2.24, 2.45) is 5.10 Å². The molecular formula is C18H15N3O2S. The molecule has 5 nitrogen and oxygen atoms in total. The number of aromatic nitrogens is 1. The Labute approximate surface area is 143 Å². The quantitative estimate of drug-likeness (QED) is 0.570. The summed E-state index contributed by atoms with van der Waals surface area (Å²) in [6, 6.07) is 15.9. The van der Waals surface area contributed by atoms with Gasteiger partial charge in [-0.05, 0) is 30.7 Å². The maximum atomic E-state index is 5.36. The van der Waals surface area contributed by atoms with Crippen LogP contribution in [0.1, 0.15) is 10.4 Å². The maximum Gasteiger partial charge on any atom is 0.231 e. The third-order valence-corrected chi connectivity index (χ3v) is 4.49. The van der Waals surface area contributed by atoms with Crippen molar-refractivity contribution in [3.63, 3.8) is 0 Å². The van der Waals surface area contributed by atoms with Crippen molar-refractivity contribution in [1.82, 2.24) is 4.98 Å². The maximum absolute atomic E-state index is 5.36. The van der Waals surface area contributed by atoms with Gasteiger partial charge in [0, 0.05) is 10.4 Å². The van der Waals surface area contributed by atoms with Gasteiger partial charge >= 0.3 is 0 Å². The molecule has 1 N–H and O–H groups in total. The Kier molecular flexibility index (Phi) is 3.88. The van der Waals surface area contributed by atoms with Crippen LogP contribution in [0.25, 0.3) is 11.3 Å². The molecule has 2 aromatic carbocycles. The van der Waals surface area contributed by atoms with E-state index in [2.05, 4.69) is 34.6 Å². The molecule has 1 aliphatic heterocycles. The number of hydrazone groups is 1. The third kappa shape index (κ3) is 2.96. The van der Waals surface area contributed by atoms with Crippen LogP contribution in [0.2, 0.25) is 0 Å². The van der Waals surface area contributed by atoms with Gasteiger partial charge in [0.25, 0.3) is 0 Å². The highest BCUT2D eigenvalue weighted by molar-refractivity contribution is 7.15.